The average molecular weight is 1020 g/mol. The van der Waals surface area contributed by atoms with E-state index in [0.717, 1.165) is 26.9 Å². The first kappa shape index (κ1) is 40.4. The van der Waals surface area contributed by atoms with Gasteiger partial charge in [0.1, 0.15) is 0 Å². The fourth-order valence-corrected chi connectivity index (χ4v) is 33.7. The third kappa shape index (κ3) is 6.03. The Morgan fingerprint density at radius 3 is 1.77 bits per heavy atom. The third-order valence-electron chi connectivity index (χ3n) is 15.5. The topological polar surface area (TPSA) is 0 Å². The van der Waals surface area contributed by atoms with Gasteiger partial charge in [0.25, 0.3) is 0 Å². The second-order valence-electron chi connectivity index (χ2n) is 19.0. The second kappa shape index (κ2) is 14.7. The van der Waals surface area contributed by atoms with Crippen LogP contribution in [0.4, 0.5) is 0 Å². The number of fused-ring (bicyclic) bond motifs is 4. The molecule has 0 bridgehead atoms. The van der Waals surface area contributed by atoms with Crippen LogP contribution in [-0.4, -0.2) is 54.0 Å². The molecule has 7 heteroatoms. The van der Waals surface area contributed by atoms with Crippen molar-refractivity contribution in [2.75, 3.05) is 0 Å². The van der Waals surface area contributed by atoms with E-state index in [4.69, 9.17) is 0 Å². The predicted octanol–water partition coefficient (Wildman–Crippen LogP) is 15.0. The molecule has 0 saturated heterocycles. The Labute approximate surface area is 376 Å². The van der Waals surface area contributed by atoms with Crippen LogP contribution < -0.4 is 0 Å². The first-order valence-corrected chi connectivity index (χ1v) is 32.1. The van der Waals surface area contributed by atoms with Crippen LogP contribution in [0.25, 0.3) is 25.0 Å². The Morgan fingerprint density at radius 1 is 0.649 bits per heavy atom. The van der Waals surface area contributed by atoms with Crippen molar-refractivity contribution in [1.29, 1.82) is 0 Å². The average Bonchev–Trinajstić information content (AvgIpc) is 4.02. The molecular formula is C50H58S4SeSiTe. The normalized spacial score (nSPS) is 32.2. The van der Waals surface area contributed by atoms with E-state index in [9.17, 15) is 0 Å². The quantitative estimate of drug-likeness (QED) is 0.177. The van der Waals surface area contributed by atoms with Crippen LogP contribution in [0.15, 0.2) is 63.3 Å². The SMILES string of the molecule is CC1=C(C2=C(c3c(C)sc(C)c3C)SC3C2CC(C)C3[Si](C)(C)C2C(C)CC3C(c4c(C)[se]c5ccccc45)=C(c4c(C)sc(C)c4C)SC32)C2C=CC=CC2[Te]1. The number of aryl methyl sites for hydroxylation is 5. The van der Waals surface area contributed by atoms with Gasteiger partial charge in [-0.15, -0.1) is 0 Å². The fraction of sp³-hybridized carbons (Fsp3) is 0.480. The molecule has 6 heterocycles. The number of hydrogen-bond acceptors (Lipinski definition) is 4. The van der Waals surface area contributed by atoms with Crippen LogP contribution in [0.1, 0.15) is 85.4 Å². The summed E-state index contributed by atoms with van der Waals surface area (Å²) in [5.74, 6) is 3.47. The van der Waals surface area contributed by atoms with Crippen molar-refractivity contribution in [3.63, 3.8) is 0 Å². The van der Waals surface area contributed by atoms with Gasteiger partial charge in [-0.05, 0) is 0 Å². The summed E-state index contributed by atoms with van der Waals surface area (Å²) in [6.45, 7) is 30.7. The molecule has 0 spiro atoms. The molecule has 0 N–H and O–H groups in total. The molecular weight excluding hydrogens is 963 g/mol. The van der Waals surface area contributed by atoms with Gasteiger partial charge in [-0.1, -0.05) is 0 Å². The van der Waals surface area contributed by atoms with Gasteiger partial charge >= 0.3 is 380 Å². The first-order valence-electron chi connectivity index (χ1n) is 21.4. The minimum atomic E-state index is -1.85. The van der Waals surface area contributed by atoms with E-state index in [0.29, 0.717) is 42.8 Å². The van der Waals surface area contributed by atoms with Gasteiger partial charge in [-0.2, -0.15) is 0 Å². The summed E-state index contributed by atoms with van der Waals surface area (Å²) < 4.78 is 5.82. The van der Waals surface area contributed by atoms with E-state index in [-0.39, 0.29) is 20.9 Å². The molecule has 3 aliphatic heterocycles. The van der Waals surface area contributed by atoms with E-state index in [1.165, 1.54) is 33.0 Å². The summed E-state index contributed by atoms with van der Waals surface area (Å²) in [4.78, 5) is 9.47. The monoisotopic (exact) mass is 1020 g/mol. The van der Waals surface area contributed by atoms with Crippen LogP contribution in [0.3, 0.4) is 0 Å². The molecule has 0 nitrogen and oxygen atoms in total. The van der Waals surface area contributed by atoms with Crippen molar-refractivity contribution in [2.45, 2.75) is 121 Å². The third-order valence-corrected chi connectivity index (χ3v) is 32.6. The van der Waals surface area contributed by atoms with Crippen LogP contribution in [0.5, 0.6) is 0 Å². The maximum atomic E-state index is 2.91. The fourth-order valence-electron chi connectivity index (χ4n) is 13.3. The van der Waals surface area contributed by atoms with Gasteiger partial charge in [0.2, 0.25) is 0 Å². The Kier molecular flexibility index (Phi) is 10.4. The zero-order chi connectivity index (χ0) is 40.0. The van der Waals surface area contributed by atoms with E-state index >= 15 is 0 Å². The first-order chi connectivity index (χ1) is 27.2. The summed E-state index contributed by atoms with van der Waals surface area (Å²) in [6, 6.07) is 9.46. The molecule has 3 aromatic heterocycles. The van der Waals surface area contributed by atoms with Gasteiger partial charge < -0.3 is 0 Å². The van der Waals surface area contributed by atoms with Crippen LogP contribution >= 0.6 is 46.2 Å². The van der Waals surface area contributed by atoms with Crippen molar-refractivity contribution in [2.24, 2.45) is 29.6 Å². The van der Waals surface area contributed by atoms with Crippen LogP contribution in [0, 0.1) is 78.1 Å². The van der Waals surface area contributed by atoms with Gasteiger partial charge in [0.15, 0.2) is 0 Å². The summed E-state index contributed by atoms with van der Waals surface area (Å²) in [6.07, 6.45) is 12.6. The second-order valence-corrected chi connectivity index (χ2v) is 35.8. The van der Waals surface area contributed by atoms with Crippen LogP contribution in [0.2, 0.25) is 28.1 Å². The maximum absolute atomic E-state index is 2.91. The number of benzene rings is 1. The van der Waals surface area contributed by atoms with E-state index in [2.05, 4.69) is 154 Å². The number of allylic oxidation sites excluding steroid dienone is 8. The Balaban J connectivity index is 1.07. The number of hydrogen-bond donors (Lipinski definition) is 0. The van der Waals surface area contributed by atoms with Crippen molar-refractivity contribution in [3.8, 4) is 0 Å². The summed E-state index contributed by atoms with van der Waals surface area (Å²) >= 11 is 9.06. The molecule has 0 amide bonds. The Bertz CT molecular complexity index is 2520. The van der Waals surface area contributed by atoms with E-state index < -0.39 is 8.07 Å². The summed E-state index contributed by atoms with van der Waals surface area (Å²) in [5, 5.41) is 2.94. The van der Waals surface area contributed by atoms with Crippen molar-refractivity contribution in [1.82, 2.24) is 0 Å². The summed E-state index contributed by atoms with van der Waals surface area (Å²) in [7, 11) is -1.85. The van der Waals surface area contributed by atoms with Crippen molar-refractivity contribution >= 4 is 115 Å². The number of thioether (sulfide) groups is 2. The molecule has 57 heavy (non-hydrogen) atoms. The number of thiophene rings is 2. The van der Waals surface area contributed by atoms with E-state index in [1.807, 2.05) is 28.2 Å². The van der Waals surface area contributed by atoms with Gasteiger partial charge in [-0.25, -0.2) is 0 Å². The van der Waals surface area contributed by atoms with Crippen molar-refractivity contribution in [3.05, 3.63) is 115 Å². The molecule has 0 radical (unpaired) electrons. The number of rotatable bonds is 6. The standard InChI is InChI=1S/C50H58S4SeSiTe/c1-23-21-35-43(41-31(9)55-37-19-15-13-17-33(37)41)47(39-25(3)27(5)51-29(39)7)53-45(35)49(23)56(11,12)50-24(2)22-36-44(42-32(10)57-38-20-16-14-18-34(38)42)48(54-46(36)50)40-26(4)28(6)52-30(40)8/h13-20,23-24,34-36,38,45-46,49-50H,21-22H2,1-12H3. The molecule has 6 aliphatic rings. The zero-order valence-corrected chi connectivity index (χ0v) is 44.1. The Hall–Kier alpha value is -0.714. The molecule has 1 aromatic carbocycles. The minimum absolute atomic E-state index is 0.200. The van der Waals surface area contributed by atoms with Crippen LogP contribution in [-0.2, 0) is 0 Å². The van der Waals surface area contributed by atoms with Gasteiger partial charge in [0.05, 0.1) is 0 Å². The molecule has 4 aromatic rings. The molecule has 10 atom stereocenters. The Morgan fingerprint density at radius 2 is 1.19 bits per heavy atom. The zero-order valence-electron chi connectivity index (χ0n) is 35.8. The molecule has 2 saturated carbocycles. The predicted molar refractivity (Wildman–Crippen MR) is 263 cm³/mol. The molecule has 298 valence electrons. The van der Waals surface area contributed by atoms with Gasteiger partial charge in [0, 0.05) is 0 Å². The summed E-state index contributed by atoms with van der Waals surface area (Å²) in [5.41, 5.74) is 15.0. The van der Waals surface area contributed by atoms with E-state index in [1.54, 1.807) is 65.8 Å². The molecule has 10 rings (SSSR count). The van der Waals surface area contributed by atoms with Crippen molar-refractivity contribution < 1.29 is 0 Å². The molecule has 2 fully saturated rings. The van der Waals surface area contributed by atoms with Gasteiger partial charge in [-0.3, -0.25) is 0 Å². The molecule has 10 unspecified atom stereocenters. The molecule has 3 aliphatic carbocycles.